The SMILES string of the molecule is CCCOc1ccc(C2=C(N(CC)c3ccccc3)C(=O)N(CC)C2=O)cc1. The van der Waals surface area contributed by atoms with Crippen molar-refractivity contribution in [3.8, 4) is 5.75 Å². The summed E-state index contributed by atoms with van der Waals surface area (Å²) in [6, 6.07) is 17.1. The first-order valence-electron chi connectivity index (χ1n) is 9.78. The predicted octanol–water partition coefficient (Wildman–Crippen LogP) is 4.10. The van der Waals surface area contributed by atoms with Crippen LogP contribution in [0, 0.1) is 0 Å². The Labute approximate surface area is 166 Å². The molecule has 0 saturated carbocycles. The zero-order valence-corrected chi connectivity index (χ0v) is 16.6. The lowest BCUT2D eigenvalue weighted by molar-refractivity contribution is -0.136. The number of carbonyl (C=O) groups excluding carboxylic acids is 2. The van der Waals surface area contributed by atoms with Crippen LogP contribution in [0.5, 0.6) is 5.75 Å². The van der Waals surface area contributed by atoms with Gasteiger partial charge in [-0.05, 0) is 50.1 Å². The maximum absolute atomic E-state index is 13.1. The van der Waals surface area contributed by atoms with Gasteiger partial charge in [-0.3, -0.25) is 14.5 Å². The summed E-state index contributed by atoms with van der Waals surface area (Å²) in [7, 11) is 0. The largest absolute Gasteiger partial charge is 0.494 e. The van der Waals surface area contributed by atoms with Crippen molar-refractivity contribution in [2.24, 2.45) is 0 Å². The summed E-state index contributed by atoms with van der Waals surface area (Å²) in [6.45, 7) is 7.41. The van der Waals surface area contributed by atoms with E-state index in [1.165, 1.54) is 4.90 Å². The minimum Gasteiger partial charge on any atom is -0.494 e. The molecule has 0 fully saturated rings. The van der Waals surface area contributed by atoms with Crippen LogP contribution in [-0.4, -0.2) is 36.4 Å². The van der Waals surface area contributed by atoms with Crippen LogP contribution >= 0.6 is 0 Å². The Kier molecular flexibility index (Phi) is 6.14. The van der Waals surface area contributed by atoms with Gasteiger partial charge in [-0.1, -0.05) is 37.3 Å². The Hall–Kier alpha value is -3.08. The summed E-state index contributed by atoms with van der Waals surface area (Å²) in [5.74, 6) is 0.255. The highest BCUT2D eigenvalue weighted by atomic mass is 16.5. The number of benzene rings is 2. The van der Waals surface area contributed by atoms with Crippen molar-refractivity contribution in [1.29, 1.82) is 0 Å². The maximum atomic E-state index is 13.1. The van der Waals surface area contributed by atoms with E-state index in [0.29, 0.717) is 31.0 Å². The predicted molar refractivity (Wildman–Crippen MR) is 111 cm³/mol. The number of amides is 2. The highest BCUT2D eigenvalue weighted by Crippen LogP contribution is 2.34. The van der Waals surface area contributed by atoms with Crippen LogP contribution in [0.4, 0.5) is 5.69 Å². The molecule has 5 heteroatoms. The van der Waals surface area contributed by atoms with Crippen LogP contribution in [-0.2, 0) is 9.59 Å². The third-order valence-corrected chi connectivity index (χ3v) is 4.73. The molecular weight excluding hydrogens is 352 g/mol. The Morgan fingerprint density at radius 3 is 2.14 bits per heavy atom. The fraction of sp³-hybridized carbons (Fsp3) is 0.304. The lowest BCUT2D eigenvalue weighted by Crippen LogP contribution is -2.35. The van der Waals surface area contributed by atoms with Crippen molar-refractivity contribution in [2.75, 3.05) is 24.6 Å². The minimum absolute atomic E-state index is 0.250. The number of imide groups is 1. The molecule has 0 radical (unpaired) electrons. The second-order valence-corrected chi connectivity index (χ2v) is 6.53. The van der Waals surface area contributed by atoms with E-state index in [9.17, 15) is 9.59 Å². The highest BCUT2D eigenvalue weighted by Gasteiger charge is 2.40. The van der Waals surface area contributed by atoms with E-state index in [1.54, 1.807) is 0 Å². The molecule has 1 aliphatic heterocycles. The molecule has 2 aromatic rings. The first kappa shape index (κ1) is 19.7. The van der Waals surface area contributed by atoms with E-state index in [-0.39, 0.29) is 11.8 Å². The first-order chi connectivity index (χ1) is 13.6. The molecule has 0 saturated heterocycles. The molecule has 146 valence electrons. The van der Waals surface area contributed by atoms with E-state index in [0.717, 1.165) is 23.4 Å². The van der Waals surface area contributed by atoms with Gasteiger partial charge in [-0.25, -0.2) is 0 Å². The molecule has 0 unspecified atom stereocenters. The van der Waals surface area contributed by atoms with Gasteiger partial charge in [-0.15, -0.1) is 0 Å². The molecule has 3 rings (SSSR count). The highest BCUT2D eigenvalue weighted by molar-refractivity contribution is 6.36. The number of hydrogen-bond acceptors (Lipinski definition) is 4. The summed E-state index contributed by atoms with van der Waals surface area (Å²) in [4.78, 5) is 29.4. The van der Waals surface area contributed by atoms with Crippen LogP contribution in [0.1, 0.15) is 32.8 Å². The smallest absolute Gasteiger partial charge is 0.278 e. The maximum Gasteiger partial charge on any atom is 0.278 e. The lowest BCUT2D eigenvalue weighted by Gasteiger charge is -2.24. The van der Waals surface area contributed by atoms with E-state index in [2.05, 4.69) is 6.92 Å². The van der Waals surface area contributed by atoms with Gasteiger partial charge in [0, 0.05) is 18.8 Å². The van der Waals surface area contributed by atoms with Crippen LogP contribution in [0.3, 0.4) is 0 Å². The molecule has 0 N–H and O–H groups in total. The molecule has 0 bridgehead atoms. The number of likely N-dealkylation sites (N-methyl/N-ethyl adjacent to an activating group) is 2. The Morgan fingerprint density at radius 1 is 0.893 bits per heavy atom. The van der Waals surface area contributed by atoms with Gasteiger partial charge in [0.05, 0.1) is 12.2 Å². The van der Waals surface area contributed by atoms with Crippen LogP contribution in [0.2, 0.25) is 0 Å². The van der Waals surface area contributed by atoms with E-state index >= 15 is 0 Å². The quantitative estimate of drug-likeness (QED) is 0.649. The van der Waals surface area contributed by atoms with Crippen molar-refractivity contribution in [3.05, 3.63) is 65.9 Å². The molecule has 1 heterocycles. The monoisotopic (exact) mass is 378 g/mol. The minimum atomic E-state index is -0.251. The van der Waals surface area contributed by atoms with Crippen molar-refractivity contribution < 1.29 is 14.3 Å². The number of para-hydroxylation sites is 1. The molecule has 0 aromatic heterocycles. The number of nitrogens with zero attached hydrogens (tertiary/aromatic N) is 2. The molecule has 0 spiro atoms. The standard InChI is InChI=1S/C23H26N2O3/c1-4-16-28-19-14-12-17(13-15-19)20-21(23(27)25(6-3)22(20)26)24(5-2)18-10-8-7-9-11-18/h7-15H,4-6,16H2,1-3H3. The number of carbonyl (C=O) groups is 2. The molecule has 0 atom stereocenters. The topological polar surface area (TPSA) is 49.9 Å². The molecule has 5 nitrogen and oxygen atoms in total. The first-order valence-corrected chi connectivity index (χ1v) is 9.78. The van der Waals surface area contributed by atoms with Crippen molar-refractivity contribution in [1.82, 2.24) is 4.90 Å². The third kappa shape index (κ3) is 3.65. The normalized spacial score (nSPS) is 14.0. The van der Waals surface area contributed by atoms with Crippen molar-refractivity contribution in [3.63, 3.8) is 0 Å². The average molecular weight is 378 g/mol. The molecule has 2 amide bonds. The van der Waals surface area contributed by atoms with Gasteiger partial charge >= 0.3 is 0 Å². The molecule has 2 aromatic carbocycles. The molecular formula is C23H26N2O3. The van der Waals surface area contributed by atoms with Gasteiger partial charge in [0.1, 0.15) is 11.4 Å². The van der Waals surface area contributed by atoms with Gasteiger partial charge < -0.3 is 9.64 Å². The Morgan fingerprint density at radius 2 is 1.57 bits per heavy atom. The lowest BCUT2D eigenvalue weighted by atomic mass is 10.0. The number of hydrogen-bond donors (Lipinski definition) is 0. The molecule has 1 aliphatic rings. The Balaban J connectivity index is 2.08. The number of anilines is 1. The Bertz CT molecular complexity index is 872. The summed E-state index contributed by atoms with van der Waals surface area (Å²) in [5, 5.41) is 0. The van der Waals surface area contributed by atoms with E-state index < -0.39 is 0 Å². The second kappa shape index (κ2) is 8.74. The van der Waals surface area contributed by atoms with E-state index in [1.807, 2.05) is 73.3 Å². The average Bonchev–Trinajstić information content (AvgIpc) is 2.98. The van der Waals surface area contributed by atoms with Gasteiger partial charge in [-0.2, -0.15) is 0 Å². The number of rotatable bonds is 8. The zero-order valence-electron chi connectivity index (χ0n) is 16.6. The summed E-state index contributed by atoms with van der Waals surface area (Å²) in [5.41, 5.74) is 2.49. The summed E-state index contributed by atoms with van der Waals surface area (Å²) < 4.78 is 5.64. The fourth-order valence-corrected chi connectivity index (χ4v) is 3.38. The van der Waals surface area contributed by atoms with Crippen molar-refractivity contribution in [2.45, 2.75) is 27.2 Å². The van der Waals surface area contributed by atoms with Crippen LogP contribution in [0.15, 0.2) is 60.3 Å². The second-order valence-electron chi connectivity index (χ2n) is 6.53. The van der Waals surface area contributed by atoms with Gasteiger partial charge in [0.25, 0.3) is 11.8 Å². The van der Waals surface area contributed by atoms with Gasteiger partial charge in [0.2, 0.25) is 0 Å². The summed E-state index contributed by atoms with van der Waals surface area (Å²) in [6.07, 6.45) is 0.929. The summed E-state index contributed by atoms with van der Waals surface area (Å²) >= 11 is 0. The third-order valence-electron chi connectivity index (χ3n) is 4.73. The molecule has 28 heavy (non-hydrogen) atoms. The van der Waals surface area contributed by atoms with Gasteiger partial charge in [0.15, 0.2) is 0 Å². The molecule has 0 aliphatic carbocycles. The van der Waals surface area contributed by atoms with Crippen LogP contribution in [0.25, 0.3) is 5.57 Å². The van der Waals surface area contributed by atoms with Crippen LogP contribution < -0.4 is 9.64 Å². The van der Waals surface area contributed by atoms with E-state index in [4.69, 9.17) is 4.74 Å². The number of ether oxygens (including phenoxy) is 1. The van der Waals surface area contributed by atoms with Crippen molar-refractivity contribution >= 4 is 23.1 Å². The zero-order chi connectivity index (χ0) is 20.1. The fourth-order valence-electron chi connectivity index (χ4n) is 3.38.